The molecule has 2 amide bonds. The minimum atomic E-state index is -1.64. The van der Waals surface area contributed by atoms with Crippen LogP contribution in [0, 0.1) is 0 Å². The highest BCUT2D eigenvalue weighted by molar-refractivity contribution is 5.73. The van der Waals surface area contributed by atoms with Crippen LogP contribution >= 0.6 is 0 Å². The summed E-state index contributed by atoms with van der Waals surface area (Å²) in [6.07, 6.45) is -11.7. The van der Waals surface area contributed by atoms with Crippen LogP contribution in [0.15, 0.2) is 0 Å². The van der Waals surface area contributed by atoms with Crippen LogP contribution in [-0.2, 0) is 23.8 Å². The van der Waals surface area contributed by atoms with E-state index in [4.69, 9.17) is 14.2 Å². The molecule has 0 aliphatic carbocycles. The first-order chi connectivity index (χ1) is 13.6. The van der Waals surface area contributed by atoms with Crippen molar-refractivity contribution in [2.75, 3.05) is 13.2 Å². The number of hydrogen-bond acceptors (Lipinski definition) is 11. The molecule has 0 spiro atoms. The van der Waals surface area contributed by atoms with E-state index in [9.17, 15) is 40.2 Å². The number of hydrogen-bond donors (Lipinski definition) is 8. The highest BCUT2D eigenvalue weighted by Gasteiger charge is 2.51. The van der Waals surface area contributed by atoms with E-state index in [0.29, 0.717) is 0 Å². The molecule has 2 heterocycles. The van der Waals surface area contributed by atoms with Crippen LogP contribution in [0.25, 0.3) is 0 Å². The van der Waals surface area contributed by atoms with E-state index in [1.165, 1.54) is 0 Å². The van der Waals surface area contributed by atoms with Gasteiger partial charge in [0.25, 0.3) is 0 Å². The first kappa shape index (κ1) is 23.9. The van der Waals surface area contributed by atoms with Gasteiger partial charge in [-0.2, -0.15) is 0 Å². The first-order valence-corrected chi connectivity index (χ1v) is 9.05. The summed E-state index contributed by atoms with van der Waals surface area (Å²) >= 11 is 0. The van der Waals surface area contributed by atoms with E-state index in [-0.39, 0.29) is 0 Å². The van der Waals surface area contributed by atoms with Crippen LogP contribution < -0.4 is 10.6 Å². The molecule has 168 valence electrons. The summed E-state index contributed by atoms with van der Waals surface area (Å²) in [5.41, 5.74) is 0. The van der Waals surface area contributed by atoms with Gasteiger partial charge in [0, 0.05) is 13.8 Å². The van der Waals surface area contributed by atoms with Crippen molar-refractivity contribution in [3.05, 3.63) is 0 Å². The number of rotatable bonds is 6. The normalized spacial score (nSPS) is 42.9. The second-order valence-corrected chi connectivity index (χ2v) is 7.00. The van der Waals surface area contributed by atoms with Gasteiger partial charge < -0.3 is 55.5 Å². The third kappa shape index (κ3) is 5.39. The molecule has 0 bridgehead atoms. The molecule has 2 aliphatic heterocycles. The van der Waals surface area contributed by atoms with Crippen molar-refractivity contribution in [2.45, 2.75) is 75.1 Å². The number of nitrogens with one attached hydrogen (secondary N) is 2. The minimum absolute atomic E-state index is 0.568. The van der Waals surface area contributed by atoms with Gasteiger partial charge in [0.15, 0.2) is 12.6 Å². The summed E-state index contributed by atoms with van der Waals surface area (Å²) in [6, 6.07) is -2.59. The van der Waals surface area contributed by atoms with E-state index >= 15 is 0 Å². The lowest BCUT2D eigenvalue weighted by Gasteiger charge is -2.47. The van der Waals surface area contributed by atoms with Gasteiger partial charge in [-0.15, -0.1) is 0 Å². The molecule has 10 atom stereocenters. The zero-order valence-corrected chi connectivity index (χ0v) is 15.9. The molecule has 2 fully saturated rings. The molecule has 8 N–H and O–H groups in total. The van der Waals surface area contributed by atoms with E-state index in [2.05, 4.69) is 10.6 Å². The molecule has 0 unspecified atom stereocenters. The van der Waals surface area contributed by atoms with Crippen molar-refractivity contribution in [3.63, 3.8) is 0 Å². The number of carbonyl (C=O) groups is 2. The summed E-state index contributed by atoms with van der Waals surface area (Å²) in [5.74, 6) is -1.14. The SMILES string of the molecule is CC(=O)N[C@@H]1[C@H](O)[C@H](O[C@@H]2O[C@@H](CO)[C@@H](O)[C@@H](O)[C@H]2NC(C)=O)[C@@H](CO)O[C@H]1O. The van der Waals surface area contributed by atoms with E-state index in [1.807, 2.05) is 0 Å². The van der Waals surface area contributed by atoms with Crippen molar-refractivity contribution in [1.29, 1.82) is 0 Å². The van der Waals surface area contributed by atoms with Crippen LogP contribution in [-0.4, -0.2) is 117 Å². The Hall–Kier alpha value is -1.42. The maximum atomic E-state index is 11.5. The summed E-state index contributed by atoms with van der Waals surface area (Å²) in [6.45, 7) is 0.962. The molecule has 0 saturated carbocycles. The molecule has 29 heavy (non-hydrogen) atoms. The van der Waals surface area contributed by atoms with Gasteiger partial charge in [0.2, 0.25) is 11.8 Å². The van der Waals surface area contributed by atoms with Crippen molar-refractivity contribution in [2.24, 2.45) is 0 Å². The minimum Gasteiger partial charge on any atom is -0.394 e. The van der Waals surface area contributed by atoms with Crippen LogP contribution in [0.2, 0.25) is 0 Å². The fraction of sp³-hybridized carbons (Fsp3) is 0.875. The van der Waals surface area contributed by atoms with Gasteiger partial charge in [-0.3, -0.25) is 9.59 Å². The van der Waals surface area contributed by atoms with E-state index in [0.717, 1.165) is 13.8 Å². The Balaban J connectivity index is 2.26. The molecular weight excluding hydrogens is 396 g/mol. The van der Waals surface area contributed by atoms with Crippen LogP contribution in [0.5, 0.6) is 0 Å². The lowest BCUT2D eigenvalue weighted by atomic mass is 9.94. The molecule has 2 saturated heterocycles. The zero-order chi connectivity index (χ0) is 21.9. The first-order valence-electron chi connectivity index (χ1n) is 9.05. The second-order valence-electron chi connectivity index (χ2n) is 7.00. The molecule has 2 aliphatic rings. The van der Waals surface area contributed by atoms with Gasteiger partial charge >= 0.3 is 0 Å². The molecule has 0 aromatic heterocycles. The Kier molecular flexibility index (Phi) is 8.28. The van der Waals surface area contributed by atoms with Crippen LogP contribution in [0.1, 0.15) is 13.8 Å². The average molecular weight is 424 g/mol. The Morgan fingerprint density at radius 3 is 1.90 bits per heavy atom. The van der Waals surface area contributed by atoms with Crippen molar-refractivity contribution in [3.8, 4) is 0 Å². The lowest BCUT2D eigenvalue weighted by molar-refractivity contribution is -0.327. The fourth-order valence-corrected chi connectivity index (χ4v) is 3.38. The van der Waals surface area contributed by atoms with Crippen molar-refractivity contribution in [1.82, 2.24) is 10.6 Å². The monoisotopic (exact) mass is 424 g/mol. The quantitative estimate of drug-likeness (QED) is 0.202. The maximum Gasteiger partial charge on any atom is 0.217 e. The summed E-state index contributed by atoms with van der Waals surface area (Å²) < 4.78 is 16.3. The van der Waals surface area contributed by atoms with Gasteiger partial charge in [0.05, 0.1) is 13.2 Å². The summed E-state index contributed by atoms with van der Waals surface area (Å²) in [4.78, 5) is 22.8. The summed E-state index contributed by atoms with van der Waals surface area (Å²) in [7, 11) is 0. The molecule has 2 rings (SSSR count). The Bertz CT molecular complexity index is 579. The molecule has 0 aromatic carbocycles. The van der Waals surface area contributed by atoms with Gasteiger partial charge in [-0.1, -0.05) is 0 Å². The van der Waals surface area contributed by atoms with Gasteiger partial charge in [-0.05, 0) is 0 Å². The van der Waals surface area contributed by atoms with Crippen molar-refractivity contribution < 1.29 is 54.4 Å². The van der Waals surface area contributed by atoms with E-state index < -0.39 is 86.3 Å². The maximum absolute atomic E-state index is 11.5. The van der Waals surface area contributed by atoms with Crippen molar-refractivity contribution >= 4 is 11.8 Å². The number of amides is 2. The molecular formula is C16H28N2O11. The molecule has 13 heteroatoms. The number of carbonyl (C=O) groups excluding carboxylic acids is 2. The van der Waals surface area contributed by atoms with Crippen LogP contribution in [0.3, 0.4) is 0 Å². The standard InChI is InChI=1S/C16H28N2O11/c1-5(21)17-9-13(25)14(8(4-20)27-15(9)26)29-16-10(18-6(2)22)12(24)11(23)7(3-19)28-16/h7-16,19-20,23-26H,3-4H2,1-2H3,(H,17,21)(H,18,22)/t7-,8+,9+,10+,11+,12-,13-,14+,15+,16-/m0/s1. The van der Waals surface area contributed by atoms with Crippen LogP contribution in [0.4, 0.5) is 0 Å². The largest absolute Gasteiger partial charge is 0.394 e. The van der Waals surface area contributed by atoms with Gasteiger partial charge in [0.1, 0.15) is 48.7 Å². The number of aliphatic hydroxyl groups excluding tert-OH is 6. The third-order valence-corrected chi connectivity index (χ3v) is 4.78. The Labute approximate surface area is 166 Å². The Morgan fingerprint density at radius 2 is 1.38 bits per heavy atom. The molecule has 0 radical (unpaired) electrons. The highest BCUT2D eigenvalue weighted by Crippen LogP contribution is 2.28. The fourth-order valence-electron chi connectivity index (χ4n) is 3.38. The number of ether oxygens (including phenoxy) is 3. The third-order valence-electron chi connectivity index (χ3n) is 4.78. The Morgan fingerprint density at radius 1 is 0.828 bits per heavy atom. The molecule has 13 nitrogen and oxygen atoms in total. The predicted molar refractivity (Wildman–Crippen MR) is 91.8 cm³/mol. The van der Waals surface area contributed by atoms with E-state index in [1.54, 1.807) is 0 Å². The summed E-state index contributed by atoms with van der Waals surface area (Å²) in [5, 5.41) is 64.5. The zero-order valence-electron chi connectivity index (χ0n) is 15.9. The lowest BCUT2D eigenvalue weighted by Crippen LogP contribution is -2.69. The molecule has 0 aromatic rings. The average Bonchev–Trinajstić information content (AvgIpc) is 2.65. The smallest absolute Gasteiger partial charge is 0.217 e. The number of aliphatic hydroxyl groups is 6. The topological polar surface area (TPSA) is 207 Å². The second kappa shape index (κ2) is 10.1. The highest BCUT2D eigenvalue weighted by atomic mass is 16.7. The predicted octanol–water partition coefficient (Wildman–Crippen LogP) is -5.11. The van der Waals surface area contributed by atoms with Gasteiger partial charge in [-0.25, -0.2) is 0 Å².